The molecule has 3 heterocycles. The van der Waals surface area contributed by atoms with Crippen molar-refractivity contribution < 1.29 is 4.74 Å². The first-order valence-corrected chi connectivity index (χ1v) is 7.94. The summed E-state index contributed by atoms with van der Waals surface area (Å²) in [7, 11) is 0. The summed E-state index contributed by atoms with van der Waals surface area (Å²) < 4.78 is 5.38. The molecule has 2 aromatic rings. The normalized spacial score (nSPS) is 18.5. The van der Waals surface area contributed by atoms with Gasteiger partial charge in [-0.1, -0.05) is 6.07 Å². The van der Waals surface area contributed by atoms with Crippen LogP contribution in [0.25, 0.3) is 10.7 Å². The zero-order valence-corrected chi connectivity index (χ0v) is 12.2. The molecule has 4 nitrogen and oxygen atoms in total. The summed E-state index contributed by atoms with van der Waals surface area (Å²) in [5.41, 5.74) is 2.05. The maximum absolute atomic E-state index is 5.38. The Labute approximate surface area is 123 Å². The minimum absolute atomic E-state index is 0.738. The number of pyridine rings is 1. The number of hydrogen-bond donors (Lipinski definition) is 1. The summed E-state index contributed by atoms with van der Waals surface area (Å²) in [6, 6.07) is 5.91. The number of aromatic nitrogens is 2. The first-order chi connectivity index (χ1) is 9.92. The summed E-state index contributed by atoms with van der Waals surface area (Å²) in [6.07, 6.45) is 4.21. The molecule has 3 rings (SSSR count). The number of rotatable bonds is 6. The van der Waals surface area contributed by atoms with Crippen molar-refractivity contribution in [2.45, 2.75) is 19.4 Å². The van der Waals surface area contributed by atoms with E-state index in [0.29, 0.717) is 0 Å². The molecule has 1 atom stereocenters. The topological polar surface area (TPSA) is 47.0 Å². The van der Waals surface area contributed by atoms with Gasteiger partial charge in [0.25, 0.3) is 0 Å². The molecule has 0 spiro atoms. The molecule has 0 amide bonds. The first-order valence-electron chi connectivity index (χ1n) is 7.06. The molecule has 1 aliphatic heterocycles. The van der Waals surface area contributed by atoms with Crippen molar-refractivity contribution in [2.24, 2.45) is 5.92 Å². The van der Waals surface area contributed by atoms with Crippen molar-refractivity contribution >= 4 is 11.3 Å². The van der Waals surface area contributed by atoms with Gasteiger partial charge in [0.05, 0.1) is 11.4 Å². The van der Waals surface area contributed by atoms with Crippen molar-refractivity contribution in [2.75, 3.05) is 19.8 Å². The lowest BCUT2D eigenvalue weighted by atomic mass is 10.1. The number of ether oxygens (including phenoxy) is 1. The molecule has 0 aromatic carbocycles. The molecule has 5 heteroatoms. The molecule has 1 aliphatic rings. The standard InChI is InChI=1S/C15H19N3OS/c1-2-6-17-14(3-1)15-18-13(11-20-15)9-16-7-4-12-5-8-19-10-12/h1-3,6,11-12,16H,4-5,7-10H2. The van der Waals surface area contributed by atoms with E-state index in [2.05, 4.69) is 20.7 Å². The maximum atomic E-state index is 5.38. The summed E-state index contributed by atoms with van der Waals surface area (Å²) >= 11 is 1.65. The molecule has 0 bridgehead atoms. The fourth-order valence-corrected chi connectivity index (χ4v) is 3.12. The van der Waals surface area contributed by atoms with Crippen LogP contribution in [0.4, 0.5) is 0 Å². The van der Waals surface area contributed by atoms with Crippen molar-refractivity contribution in [3.05, 3.63) is 35.5 Å². The van der Waals surface area contributed by atoms with Crippen LogP contribution in [-0.2, 0) is 11.3 Å². The van der Waals surface area contributed by atoms with Crippen LogP contribution >= 0.6 is 11.3 Å². The molecular formula is C15H19N3OS. The van der Waals surface area contributed by atoms with Crippen molar-refractivity contribution in [1.82, 2.24) is 15.3 Å². The Kier molecular flexibility index (Phi) is 4.73. The van der Waals surface area contributed by atoms with E-state index >= 15 is 0 Å². The van der Waals surface area contributed by atoms with E-state index in [0.717, 1.165) is 48.6 Å². The quantitative estimate of drug-likeness (QED) is 0.831. The van der Waals surface area contributed by atoms with E-state index in [4.69, 9.17) is 4.74 Å². The molecule has 0 radical (unpaired) electrons. The predicted octanol–water partition coefficient (Wildman–Crippen LogP) is 2.72. The van der Waals surface area contributed by atoms with Gasteiger partial charge < -0.3 is 10.1 Å². The number of nitrogens with zero attached hydrogens (tertiary/aromatic N) is 2. The highest BCUT2D eigenvalue weighted by Gasteiger charge is 2.14. The second-order valence-corrected chi connectivity index (χ2v) is 5.91. The van der Waals surface area contributed by atoms with Crippen LogP contribution in [0.5, 0.6) is 0 Å². The zero-order valence-electron chi connectivity index (χ0n) is 11.4. The monoisotopic (exact) mass is 289 g/mol. The van der Waals surface area contributed by atoms with Crippen LogP contribution < -0.4 is 5.32 Å². The van der Waals surface area contributed by atoms with E-state index in [1.54, 1.807) is 17.5 Å². The number of nitrogens with one attached hydrogen (secondary N) is 1. The van der Waals surface area contributed by atoms with Gasteiger partial charge in [0.15, 0.2) is 0 Å². The molecular weight excluding hydrogens is 270 g/mol. The Morgan fingerprint density at radius 2 is 2.40 bits per heavy atom. The molecule has 1 fully saturated rings. The van der Waals surface area contributed by atoms with E-state index < -0.39 is 0 Å². The zero-order chi connectivity index (χ0) is 13.6. The highest BCUT2D eigenvalue weighted by Crippen LogP contribution is 2.21. The highest BCUT2D eigenvalue weighted by atomic mass is 32.1. The minimum atomic E-state index is 0.738. The second-order valence-electron chi connectivity index (χ2n) is 5.05. The molecule has 1 N–H and O–H groups in total. The van der Waals surface area contributed by atoms with E-state index in [1.165, 1.54) is 12.8 Å². The third-order valence-electron chi connectivity index (χ3n) is 3.50. The van der Waals surface area contributed by atoms with Gasteiger partial charge in [-0.3, -0.25) is 4.98 Å². The third-order valence-corrected chi connectivity index (χ3v) is 4.41. The van der Waals surface area contributed by atoms with Crippen molar-refractivity contribution in [1.29, 1.82) is 0 Å². The molecule has 20 heavy (non-hydrogen) atoms. The molecule has 1 saturated heterocycles. The lowest BCUT2D eigenvalue weighted by molar-refractivity contribution is 0.184. The smallest absolute Gasteiger partial charge is 0.142 e. The summed E-state index contributed by atoms with van der Waals surface area (Å²) in [6.45, 7) is 3.73. The average molecular weight is 289 g/mol. The van der Waals surface area contributed by atoms with Crippen molar-refractivity contribution in [3.8, 4) is 10.7 Å². The largest absolute Gasteiger partial charge is 0.381 e. The summed E-state index contributed by atoms with van der Waals surface area (Å²) in [4.78, 5) is 8.94. The SMILES string of the molecule is c1ccc(-c2nc(CNCCC3CCOC3)cs2)nc1. The fraction of sp³-hybridized carbons (Fsp3) is 0.467. The van der Waals surface area contributed by atoms with Gasteiger partial charge in [-0.25, -0.2) is 4.98 Å². The second kappa shape index (κ2) is 6.92. The van der Waals surface area contributed by atoms with Gasteiger partial charge in [-0.15, -0.1) is 11.3 Å². The van der Waals surface area contributed by atoms with Gasteiger partial charge in [0, 0.05) is 31.3 Å². The lowest BCUT2D eigenvalue weighted by Gasteiger charge is -2.07. The first kappa shape index (κ1) is 13.7. The molecule has 0 saturated carbocycles. The molecule has 1 unspecified atom stereocenters. The predicted molar refractivity (Wildman–Crippen MR) is 80.6 cm³/mol. The van der Waals surface area contributed by atoms with E-state index in [-0.39, 0.29) is 0 Å². The third kappa shape index (κ3) is 3.62. The summed E-state index contributed by atoms with van der Waals surface area (Å²) in [5.74, 6) is 0.738. The highest BCUT2D eigenvalue weighted by molar-refractivity contribution is 7.13. The maximum Gasteiger partial charge on any atom is 0.142 e. The van der Waals surface area contributed by atoms with Crippen LogP contribution in [0.3, 0.4) is 0 Å². The Morgan fingerprint density at radius 3 is 3.20 bits per heavy atom. The van der Waals surface area contributed by atoms with E-state index in [9.17, 15) is 0 Å². The molecule has 2 aromatic heterocycles. The Balaban J connectivity index is 1.45. The average Bonchev–Trinajstić information content (AvgIpc) is 3.16. The summed E-state index contributed by atoms with van der Waals surface area (Å²) in [5, 5.41) is 6.56. The van der Waals surface area contributed by atoms with Crippen LogP contribution in [0.15, 0.2) is 29.8 Å². The van der Waals surface area contributed by atoms with Gasteiger partial charge >= 0.3 is 0 Å². The van der Waals surface area contributed by atoms with Crippen LogP contribution in [0, 0.1) is 5.92 Å². The Morgan fingerprint density at radius 1 is 1.40 bits per heavy atom. The Hall–Kier alpha value is -1.30. The van der Waals surface area contributed by atoms with Crippen molar-refractivity contribution in [3.63, 3.8) is 0 Å². The molecule has 0 aliphatic carbocycles. The van der Waals surface area contributed by atoms with Gasteiger partial charge in [-0.05, 0) is 37.4 Å². The van der Waals surface area contributed by atoms with Gasteiger partial charge in [0.2, 0.25) is 0 Å². The van der Waals surface area contributed by atoms with Crippen LogP contribution in [0.1, 0.15) is 18.5 Å². The number of hydrogen-bond acceptors (Lipinski definition) is 5. The minimum Gasteiger partial charge on any atom is -0.381 e. The molecule has 106 valence electrons. The van der Waals surface area contributed by atoms with Crippen LogP contribution in [-0.4, -0.2) is 29.7 Å². The number of thiazole rings is 1. The van der Waals surface area contributed by atoms with Crippen LogP contribution in [0.2, 0.25) is 0 Å². The lowest BCUT2D eigenvalue weighted by Crippen LogP contribution is -2.18. The Bertz CT molecular complexity index is 523. The van der Waals surface area contributed by atoms with E-state index in [1.807, 2.05) is 18.2 Å². The fourth-order valence-electron chi connectivity index (χ4n) is 2.33. The van der Waals surface area contributed by atoms with Gasteiger partial charge in [-0.2, -0.15) is 0 Å². The van der Waals surface area contributed by atoms with Gasteiger partial charge in [0.1, 0.15) is 5.01 Å².